The zero-order chi connectivity index (χ0) is 23.5. The van der Waals surface area contributed by atoms with Crippen LogP contribution < -0.4 is 14.8 Å². The summed E-state index contributed by atoms with van der Waals surface area (Å²) in [6.45, 7) is 3.21. The van der Waals surface area contributed by atoms with Gasteiger partial charge in [0.15, 0.2) is 11.5 Å². The molecule has 1 aromatic heterocycles. The molecule has 0 spiro atoms. The predicted octanol–water partition coefficient (Wildman–Crippen LogP) is 1.99. The Morgan fingerprint density at radius 2 is 1.74 bits per heavy atom. The molecule has 1 N–H and O–H groups in total. The molecule has 1 unspecified atom stereocenters. The average molecular weight is 486 g/mol. The topological polar surface area (TPSA) is 97.4 Å². The standard InChI is InChI=1S/C24H27N3O6S/c28-22(17-3-4-18-19(14-17)33-15-32-18)25-21(24(30)27-9-11-31-12-10-27)16-5-7-26(8-6-16)23(29)20-2-1-13-34-20/h1-4,13-14,16,21H,5-12,15H2,(H,25,28). The zero-order valence-electron chi connectivity index (χ0n) is 18.7. The van der Waals surface area contributed by atoms with E-state index in [4.69, 9.17) is 14.2 Å². The minimum Gasteiger partial charge on any atom is -0.454 e. The largest absolute Gasteiger partial charge is 0.454 e. The number of ether oxygens (including phenoxy) is 3. The number of hydrogen-bond donors (Lipinski definition) is 1. The monoisotopic (exact) mass is 485 g/mol. The second kappa shape index (κ2) is 10.0. The van der Waals surface area contributed by atoms with Gasteiger partial charge in [0, 0.05) is 31.7 Å². The molecule has 3 amide bonds. The number of thiophene rings is 1. The van der Waals surface area contributed by atoms with Gasteiger partial charge in [-0.25, -0.2) is 0 Å². The van der Waals surface area contributed by atoms with E-state index in [2.05, 4.69) is 5.32 Å². The van der Waals surface area contributed by atoms with Crippen molar-refractivity contribution in [3.8, 4) is 11.5 Å². The quantitative estimate of drug-likeness (QED) is 0.696. The summed E-state index contributed by atoms with van der Waals surface area (Å²) >= 11 is 1.43. The molecule has 2 aromatic rings. The van der Waals surface area contributed by atoms with Crippen LogP contribution in [0.3, 0.4) is 0 Å². The Kier molecular flexibility index (Phi) is 6.68. The molecule has 4 heterocycles. The Balaban J connectivity index is 1.30. The number of carbonyl (C=O) groups excluding carboxylic acids is 3. The van der Waals surface area contributed by atoms with Crippen molar-refractivity contribution in [1.29, 1.82) is 0 Å². The van der Waals surface area contributed by atoms with Gasteiger partial charge < -0.3 is 29.3 Å². The summed E-state index contributed by atoms with van der Waals surface area (Å²) in [5.41, 5.74) is 0.411. The highest BCUT2D eigenvalue weighted by molar-refractivity contribution is 7.12. The third-order valence-electron chi connectivity index (χ3n) is 6.54. The third-order valence-corrected chi connectivity index (χ3v) is 7.40. The maximum absolute atomic E-state index is 13.5. The van der Waals surface area contributed by atoms with E-state index in [-0.39, 0.29) is 30.4 Å². The Morgan fingerprint density at radius 1 is 0.971 bits per heavy atom. The number of carbonyl (C=O) groups is 3. The molecule has 0 radical (unpaired) electrons. The number of amides is 3. The van der Waals surface area contributed by atoms with Gasteiger partial charge in [-0.05, 0) is 48.4 Å². The molecule has 34 heavy (non-hydrogen) atoms. The van der Waals surface area contributed by atoms with E-state index in [1.54, 1.807) is 23.1 Å². The molecule has 3 aliphatic heterocycles. The average Bonchev–Trinajstić information content (AvgIpc) is 3.59. The zero-order valence-corrected chi connectivity index (χ0v) is 19.6. The van der Waals surface area contributed by atoms with Gasteiger partial charge in [-0.2, -0.15) is 0 Å². The number of hydrogen-bond acceptors (Lipinski definition) is 7. The van der Waals surface area contributed by atoms with Gasteiger partial charge in [-0.15, -0.1) is 11.3 Å². The summed E-state index contributed by atoms with van der Waals surface area (Å²) in [6, 6.07) is 8.03. The van der Waals surface area contributed by atoms with Crippen LogP contribution in [0.1, 0.15) is 32.9 Å². The first-order valence-corrected chi connectivity index (χ1v) is 12.4. The smallest absolute Gasteiger partial charge is 0.263 e. The molecule has 10 heteroatoms. The minimum absolute atomic E-state index is 0.0221. The summed E-state index contributed by atoms with van der Waals surface area (Å²) in [7, 11) is 0. The van der Waals surface area contributed by atoms with Crippen molar-refractivity contribution in [3.05, 3.63) is 46.2 Å². The number of morpholine rings is 1. The summed E-state index contributed by atoms with van der Waals surface area (Å²) in [5.74, 6) is 0.640. The van der Waals surface area contributed by atoms with Gasteiger partial charge in [-0.1, -0.05) is 6.07 Å². The predicted molar refractivity (Wildman–Crippen MR) is 124 cm³/mol. The third kappa shape index (κ3) is 4.74. The molecular formula is C24H27N3O6S. The van der Waals surface area contributed by atoms with Gasteiger partial charge in [0.1, 0.15) is 6.04 Å². The van der Waals surface area contributed by atoms with Crippen LogP contribution in [0.2, 0.25) is 0 Å². The van der Waals surface area contributed by atoms with Crippen molar-refractivity contribution in [2.24, 2.45) is 5.92 Å². The van der Waals surface area contributed by atoms with Crippen LogP contribution in [0.15, 0.2) is 35.7 Å². The van der Waals surface area contributed by atoms with Crippen molar-refractivity contribution in [3.63, 3.8) is 0 Å². The Labute approximate surface area is 201 Å². The molecule has 2 saturated heterocycles. The molecule has 0 bridgehead atoms. The lowest BCUT2D eigenvalue weighted by atomic mass is 9.88. The van der Waals surface area contributed by atoms with E-state index in [9.17, 15) is 14.4 Å². The fourth-order valence-corrected chi connectivity index (χ4v) is 5.31. The summed E-state index contributed by atoms with van der Waals surface area (Å²) in [5, 5.41) is 4.89. The highest BCUT2D eigenvalue weighted by Gasteiger charge is 2.37. The molecule has 1 atom stereocenters. The molecule has 5 rings (SSSR count). The highest BCUT2D eigenvalue weighted by Crippen LogP contribution is 2.32. The molecule has 3 aliphatic rings. The first-order chi connectivity index (χ1) is 16.6. The van der Waals surface area contributed by atoms with Gasteiger partial charge in [-0.3, -0.25) is 14.4 Å². The summed E-state index contributed by atoms with van der Waals surface area (Å²) < 4.78 is 16.1. The molecule has 180 valence electrons. The summed E-state index contributed by atoms with van der Waals surface area (Å²) in [6.07, 6.45) is 1.28. The molecule has 2 fully saturated rings. The van der Waals surface area contributed by atoms with Crippen molar-refractivity contribution < 1.29 is 28.6 Å². The normalized spacial score (nSPS) is 19.1. The van der Waals surface area contributed by atoms with Crippen LogP contribution in [0.5, 0.6) is 11.5 Å². The van der Waals surface area contributed by atoms with E-state index in [1.807, 2.05) is 22.4 Å². The SMILES string of the molecule is O=C(NC(C(=O)N1CCOCC1)C1CCN(C(=O)c2cccs2)CC1)c1ccc2c(c1)OCO2. The van der Waals surface area contributed by atoms with Gasteiger partial charge >= 0.3 is 0 Å². The second-order valence-electron chi connectivity index (χ2n) is 8.56. The minimum atomic E-state index is -0.671. The number of nitrogens with zero attached hydrogens (tertiary/aromatic N) is 2. The van der Waals surface area contributed by atoms with Crippen LogP contribution in [0, 0.1) is 5.92 Å². The molecule has 0 aliphatic carbocycles. The van der Waals surface area contributed by atoms with E-state index in [1.165, 1.54) is 11.3 Å². The Morgan fingerprint density at radius 3 is 2.47 bits per heavy atom. The lowest BCUT2D eigenvalue weighted by Crippen LogP contribution is -2.56. The maximum Gasteiger partial charge on any atom is 0.263 e. The van der Waals surface area contributed by atoms with Crippen LogP contribution in [0.25, 0.3) is 0 Å². The lowest BCUT2D eigenvalue weighted by Gasteiger charge is -2.38. The first kappa shape index (κ1) is 22.7. The number of nitrogens with one attached hydrogen (secondary N) is 1. The van der Waals surface area contributed by atoms with Crippen LogP contribution >= 0.6 is 11.3 Å². The lowest BCUT2D eigenvalue weighted by molar-refractivity contribution is -0.139. The molecule has 0 saturated carbocycles. The Hall–Kier alpha value is -3.11. The number of piperidine rings is 1. The Bertz CT molecular complexity index is 1040. The van der Waals surface area contributed by atoms with Gasteiger partial charge in [0.05, 0.1) is 18.1 Å². The fourth-order valence-electron chi connectivity index (χ4n) is 4.62. The van der Waals surface area contributed by atoms with Gasteiger partial charge in [0.2, 0.25) is 12.7 Å². The van der Waals surface area contributed by atoms with Crippen molar-refractivity contribution in [2.75, 3.05) is 46.2 Å². The van der Waals surface area contributed by atoms with Crippen molar-refractivity contribution in [1.82, 2.24) is 15.1 Å². The van der Waals surface area contributed by atoms with Crippen molar-refractivity contribution in [2.45, 2.75) is 18.9 Å². The fraction of sp³-hybridized carbons (Fsp3) is 0.458. The maximum atomic E-state index is 13.5. The van der Waals surface area contributed by atoms with E-state index < -0.39 is 6.04 Å². The first-order valence-electron chi connectivity index (χ1n) is 11.5. The number of likely N-dealkylation sites (tertiary alicyclic amines) is 1. The number of fused-ring (bicyclic) bond motifs is 1. The van der Waals surface area contributed by atoms with Crippen LogP contribution in [0.4, 0.5) is 0 Å². The van der Waals surface area contributed by atoms with E-state index in [0.717, 1.165) is 4.88 Å². The molecule has 1 aromatic carbocycles. The molecule has 9 nitrogen and oxygen atoms in total. The van der Waals surface area contributed by atoms with E-state index >= 15 is 0 Å². The van der Waals surface area contributed by atoms with Crippen molar-refractivity contribution >= 4 is 29.1 Å². The summed E-state index contributed by atoms with van der Waals surface area (Å²) in [4.78, 5) is 43.7. The number of rotatable bonds is 5. The van der Waals surface area contributed by atoms with E-state index in [0.29, 0.717) is 69.3 Å². The second-order valence-corrected chi connectivity index (χ2v) is 9.51. The van der Waals surface area contributed by atoms with Crippen LogP contribution in [-0.4, -0.2) is 79.7 Å². The van der Waals surface area contributed by atoms with Gasteiger partial charge in [0.25, 0.3) is 11.8 Å². The van der Waals surface area contributed by atoms with Crippen LogP contribution in [-0.2, 0) is 9.53 Å². The highest BCUT2D eigenvalue weighted by atomic mass is 32.1. The number of benzene rings is 1. The molecular weight excluding hydrogens is 458 g/mol.